The molecular weight excluding hydrogens is 331 g/mol. The molecule has 1 N–H and O–H groups in total. The fraction of sp³-hybridized carbons (Fsp3) is 0.222. The van der Waals surface area contributed by atoms with Crippen LogP contribution in [0.5, 0.6) is 0 Å². The van der Waals surface area contributed by atoms with Crippen molar-refractivity contribution in [3.63, 3.8) is 0 Å². The van der Waals surface area contributed by atoms with E-state index in [2.05, 4.69) is 5.32 Å². The first kappa shape index (κ1) is 17.9. The van der Waals surface area contributed by atoms with E-state index in [1.807, 2.05) is 19.1 Å². The molecule has 0 aliphatic rings. The molecule has 0 bridgehead atoms. The molecular formula is C18H18ClFN2O2. The predicted molar refractivity (Wildman–Crippen MR) is 92.9 cm³/mol. The van der Waals surface area contributed by atoms with Gasteiger partial charge in [-0.15, -0.1) is 0 Å². The predicted octanol–water partition coefficient (Wildman–Crippen LogP) is 3.57. The molecule has 0 spiro atoms. The van der Waals surface area contributed by atoms with Crippen LogP contribution in [0, 0.1) is 12.7 Å². The summed E-state index contributed by atoms with van der Waals surface area (Å²) in [5, 5.41) is 2.71. The summed E-state index contributed by atoms with van der Waals surface area (Å²) in [6.45, 7) is 3.87. The Labute approximate surface area is 145 Å². The van der Waals surface area contributed by atoms with Crippen molar-refractivity contribution in [1.29, 1.82) is 0 Å². The molecule has 0 radical (unpaired) electrons. The first-order chi connectivity index (χ1) is 11.4. The van der Waals surface area contributed by atoms with Crippen LogP contribution < -0.4 is 10.2 Å². The lowest BCUT2D eigenvalue weighted by molar-refractivity contribution is -0.116. The van der Waals surface area contributed by atoms with E-state index in [0.717, 1.165) is 5.56 Å². The normalized spacial score (nSPS) is 10.3. The van der Waals surface area contributed by atoms with Gasteiger partial charge >= 0.3 is 0 Å². The Morgan fingerprint density at radius 3 is 2.42 bits per heavy atom. The molecule has 0 heterocycles. The van der Waals surface area contributed by atoms with Crippen molar-refractivity contribution in [1.82, 2.24) is 5.32 Å². The first-order valence-corrected chi connectivity index (χ1v) is 7.84. The van der Waals surface area contributed by atoms with Crippen molar-refractivity contribution in [2.24, 2.45) is 0 Å². The number of aryl methyl sites for hydroxylation is 1. The molecule has 2 aromatic carbocycles. The molecule has 0 aliphatic heterocycles. The van der Waals surface area contributed by atoms with E-state index >= 15 is 0 Å². The number of benzene rings is 2. The van der Waals surface area contributed by atoms with Crippen molar-refractivity contribution in [2.45, 2.75) is 13.8 Å². The number of amides is 2. The van der Waals surface area contributed by atoms with Gasteiger partial charge in [-0.1, -0.05) is 29.3 Å². The second kappa shape index (κ2) is 7.93. The first-order valence-electron chi connectivity index (χ1n) is 7.46. The molecule has 0 unspecified atom stereocenters. The number of rotatable bonds is 5. The molecule has 2 aromatic rings. The van der Waals surface area contributed by atoms with Crippen molar-refractivity contribution in [3.8, 4) is 0 Å². The van der Waals surface area contributed by atoms with Crippen LogP contribution in [-0.2, 0) is 4.79 Å². The molecule has 0 aromatic heterocycles. The fourth-order valence-corrected chi connectivity index (χ4v) is 2.38. The van der Waals surface area contributed by atoms with Crippen LogP contribution in [0.15, 0.2) is 42.5 Å². The maximum absolute atomic E-state index is 13.2. The Balaban J connectivity index is 1.99. The summed E-state index contributed by atoms with van der Waals surface area (Å²) in [5.74, 6) is -0.977. The van der Waals surface area contributed by atoms with Gasteiger partial charge in [0, 0.05) is 31.3 Å². The Morgan fingerprint density at radius 2 is 1.83 bits per heavy atom. The van der Waals surface area contributed by atoms with E-state index in [0.29, 0.717) is 11.3 Å². The topological polar surface area (TPSA) is 49.4 Å². The number of halogens is 2. The van der Waals surface area contributed by atoms with Gasteiger partial charge in [0.05, 0.1) is 5.02 Å². The van der Waals surface area contributed by atoms with E-state index in [1.54, 1.807) is 12.1 Å². The van der Waals surface area contributed by atoms with E-state index in [4.69, 9.17) is 11.6 Å². The highest BCUT2D eigenvalue weighted by Crippen LogP contribution is 2.22. The molecule has 0 aliphatic carbocycles. The van der Waals surface area contributed by atoms with Gasteiger partial charge in [0.15, 0.2) is 0 Å². The number of nitrogens with one attached hydrogen (secondary N) is 1. The Bertz CT molecular complexity index is 747. The minimum atomic E-state index is -0.545. The van der Waals surface area contributed by atoms with E-state index in [9.17, 15) is 14.0 Å². The van der Waals surface area contributed by atoms with E-state index < -0.39 is 5.82 Å². The molecule has 24 heavy (non-hydrogen) atoms. The summed E-state index contributed by atoms with van der Waals surface area (Å²) in [4.78, 5) is 25.3. The molecule has 2 amide bonds. The molecule has 0 fully saturated rings. The van der Waals surface area contributed by atoms with Gasteiger partial charge in [0.2, 0.25) is 5.91 Å². The lowest BCUT2D eigenvalue weighted by Gasteiger charge is -2.21. The third kappa shape index (κ3) is 4.55. The van der Waals surface area contributed by atoms with Crippen LogP contribution in [0.1, 0.15) is 22.8 Å². The van der Waals surface area contributed by atoms with Crippen LogP contribution in [0.2, 0.25) is 5.02 Å². The van der Waals surface area contributed by atoms with Crippen molar-refractivity contribution in [3.05, 3.63) is 64.4 Å². The summed E-state index contributed by atoms with van der Waals surface area (Å²) in [6.07, 6.45) is 0. The van der Waals surface area contributed by atoms with Crippen molar-refractivity contribution < 1.29 is 14.0 Å². The van der Waals surface area contributed by atoms with Gasteiger partial charge in [-0.25, -0.2) is 4.39 Å². The van der Waals surface area contributed by atoms with E-state index in [1.165, 1.54) is 30.0 Å². The summed E-state index contributed by atoms with van der Waals surface area (Å²) in [7, 11) is 0. The maximum Gasteiger partial charge on any atom is 0.251 e. The van der Waals surface area contributed by atoms with Crippen LogP contribution in [0.4, 0.5) is 10.1 Å². The number of anilines is 1. The smallest absolute Gasteiger partial charge is 0.251 e. The second-order valence-corrected chi connectivity index (χ2v) is 5.80. The number of carbonyl (C=O) groups is 2. The lowest BCUT2D eigenvalue weighted by atomic mass is 10.1. The molecule has 0 saturated heterocycles. The zero-order chi connectivity index (χ0) is 17.7. The molecule has 4 nitrogen and oxygen atoms in total. The third-order valence-electron chi connectivity index (χ3n) is 3.53. The highest BCUT2D eigenvalue weighted by Gasteiger charge is 2.14. The van der Waals surface area contributed by atoms with Gasteiger partial charge in [-0.2, -0.15) is 0 Å². The minimum absolute atomic E-state index is 0.0533. The lowest BCUT2D eigenvalue weighted by Crippen LogP contribution is -2.37. The van der Waals surface area contributed by atoms with Crippen molar-refractivity contribution >= 4 is 29.1 Å². The minimum Gasteiger partial charge on any atom is -0.350 e. The zero-order valence-corrected chi connectivity index (χ0v) is 14.2. The molecule has 0 saturated carbocycles. The van der Waals surface area contributed by atoms with E-state index in [-0.39, 0.29) is 29.9 Å². The molecule has 2 rings (SSSR count). The largest absolute Gasteiger partial charge is 0.350 e. The number of hydrogen-bond donors (Lipinski definition) is 1. The fourth-order valence-electron chi connectivity index (χ4n) is 2.21. The summed E-state index contributed by atoms with van der Waals surface area (Å²) < 4.78 is 13.2. The monoisotopic (exact) mass is 348 g/mol. The average Bonchev–Trinajstić information content (AvgIpc) is 2.54. The Kier molecular flexibility index (Phi) is 5.93. The molecule has 126 valence electrons. The van der Waals surface area contributed by atoms with Crippen molar-refractivity contribution in [2.75, 3.05) is 18.0 Å². The molecule has 6 heteroatoms. The van der Waals surface area contributed by atoms with Gasteiger partial charge in [-0.3, -0.25) is 9.59 Å². The summed E-state index contributed by atoms with van der Waals surface area (Å²) in [6, 6.07) is 11.3. The SMILES string of the molecule is CC(=O)N(CCNC(=O)c1ccc(C)cc1)c1ccc(F)c(Cl)c1. The average molecular weight is 349 g/mol. The van der Waals surface area contributed by atoms with Gasteiger partial charge in [-0.05, 0) is 37.3 Å². The van der Waals surface area contributed by atoms with Gasteiger partial charge in [0.25, 0.3) is 5.91 Å². The van der Waals surface area contributed by atoms with Gasteiger partial charge in [0.1, 0.15) is 5.82 Å². The second-order valence-electron chi connectivity index (χ2n) is 5.39. The quantitative estimate of drug-likeness (QED) is 0.898. The highest BCUT2D eigenvalue weighted by atomic mass is 35.5. The number of nitrogens with zero attached hydrogens (tertiary/aromatic N) is 1. The van der Waals surface area contributed by atoms with Crippen LogP contribution in [0.3, 0.4) is 0 Å². The summed E-state index contributed by atoms with van der Waals surface area (Å²) in [5.41, 5.74) is 2.11. The van der Waals surface area contributed by atoms with Crippen LogP contribution in [0.25, 0.3) is 0 Å². The van der Waals surface area contributed by atoms with Crippen LogP contribution >= 0.6 is 11.6 Å². The maximum atomic E-state index is 13.2. The number of carbonyl (C=O) groups excluding carboxylic acids is 2. The Morgan fingerprint density at radius 1 is 1.17 bits per heavy atom. The number of hydrogen-bond acceptors (Lipinski definition) is 2. The van der Waals surface area contributed by atoms with Crippen LogP contribution in [-0.4, -0.2) is 24.9 Å². The zero-order valence-electron chi connectivity index (χ0n) is 13.5. The molecule has 0 atom stereocenters. The third-order valence-corrected chi connectivity index (χ3v) is 3.82. The summed E-state index contributed by atoms with van der Waals surface area (Å²) >= 11 is 5.76. The van der Waals surface area contributed by atoms with Gasteiger partial charge < -0.3 is 10.2 Å². The standard InChI is InChI=1S/C18H18ClFN2O2/c1-12-3-5-14(6-4-12)18(24)21-9-10-22(13(2)23)15-7-8-17(20)16(19)11-15/h3-8,11H,9-10H2,1-2H3,(H,21,24). The Hall–Kier alpha value is -2.40. The highest BCUT2D eigenvalue weighted by molar-refractivity contribution is 6.31.